The van der Waals surface area contributed by atoms with E-state index in [9.17, 15) is 0 Å². The summed E-state index contributed by atoms with van der Waals surface area (Å²) in [5, 5.41) is 14.6. The molecule has 0 saturated carbocycles. The molecule has 0 radical (unpaired) electrons. The Bertz CT molecular complexity index is 893. The van der Waals surface area contributed by atoms with Crippen LogP contribution in [0.3, 0.4) is 0 Å². The third kappa shape index (κ3) is 1.51. The second-order valence-electron chi connectivity index (χ2n) is 4.11. The molecule has 0 spiro atoms. The molecule has 0 unspecified atom stereocenters. The average Bonchev–Trinajstić information content (AvgIpc) is 2.98. The van der Waals surface area contributed by atoms with Crippen LogP contribution in [0.1, 0.15) is 6.92 Å². The minimum absolute atomic E-state index is 0.523. The first-order chi connectivity index (χ1) is 9.36. The van der Waals surface area contributed by atoms with Gasteiger partial charge in [0.05, 0.1) is 0 Å². The van der Waals surface area contributed by atoms with Crippen LogP contribution in [-0.4, -0.2) is 35.5 Å². The second-order valence-corrected chi connectivity index (χ2v) is 5.34. The van der Waals surface area contributed by atoms with Gasteiger partial charge in [0.1, 0.15) is 5.52 Å². The largest absolute Gasteiger partial charge is 0.338 e. The van der Waals surface area contributed by atoms with Crippen LogP contribution < -0.4 is 0 Å². The summed E-state index contributed by atoms with van der Waals surface area (Å²) in [5.41, 5.74) is 2.62. The number of para-hydroxylation sites is 1. The number of hydrogen-bond donors (Lipinski definition) is 1. The van der Waals surface area contributed by atoms with Crippen molar-refractivity contribution in [3.63, 3.8) is 0 Å². The predicted molar refractivity (Wildman–Crippen MR) is 74.3 cm³/mol. The van der Waals surface area contributed by atoms with Crippen LogP contribution in [0.25, 0.3) is 27.8 Å². The molecule has 3 aromatic heterocycles. The molecule has 19 heavy (non-hydrogen) atoms. The summed E-state index contributed by atoms with van der Waals surface area (Å²) in [5.74, 6) is 1.45. The maximum Gasteiger partial charge on any atom is 0.274 e. The zero-order valence-electron chi connectivity index (χ0n) is 10.2. The van der Waals surface area contributed by atoms with Crippen molar-refractivity contribution >= 4 is 39.6 Å². The van der Waals surface area contributed by atoms with Gasteiger partial charge in [0, 0.05) is 10.9 Å². The Morgan fingerprint density at radius 1 is 1.26 bits per heavy atom. The maximum atomic E-state index is 4.62. The van der Waals surface area contributed by atoms with Crippen molar-refractivity contribution < 1.29 is 0 Å². The molecule has 94 valence electrons. The Hall–Kier alpha value is -2.15. The lowest BCUT2D eigenvalue weighted by Gasteiger charge is -1.96. The second kappa shape index (κ2) is 3.92. The van der Waals surface area contributed by atoms with Gasteiger partial charge in [0.15, 0.2) is 5.65 Å². The van der Waals surface area contributed by atoms with E-state index in [1.54, 1.807) is 16.3 Å². The highest BCUT2D eigenvalue weighted by atomic mass is 32.2. The highest BCUT2D eigenvalue weighted by molar-refractivity contribution is 7.99. The Morgan fingerprint density at radius 3 is 3.05 bits per heavy atom. The van der Waals surface area contributed by atoms with Gasteiger partial charge < -0.3 is 4.98 Å². The summed E-state index contributed by atoms with van der Waals surface area (Å²) in [6, 6.07) is 8.03. The van der Waals surface area contributed by atoms with Crippen LogP contribution in [0.2, 0.25) is 0 Å². The van der Waals surface area contributed by atoms with Gasteiger partial charge in [-0.05, 0) is 11.8 Å². The molecule has 0 bridgehead atoms. The number of nitrogens with one attached hydrogen (secondary N) is 1. The van der Waals surface area contributed by atoms with Crippen molar-refractivity contribution in [2.45, 2.75) is 12.1 Å². The first-order valence-electron chi connectivity index (χ1n) is 5.99. The summed E-state index contributed by atoms with van der Waals surface area (Å²) < 4.78 is 1.71. The van der Waals surface area contributed by atoms with Gasteiger partial charge in [-0.3, -0.25) is 0 Å². The minimum atomic E-state index is 0.523. The number of nitrogens with zero attached hydrogens (tertiary/aromatic N) is 5. The lowest BCUT2D eigenvalue weighted by Crippen LogP contribution is -1.96. The van der Waals surface area contributed by atoms with E-state index in [1.807, 2.05) is 24.3 Å². The summed E-state index contributed by atoms with van der Waals surface area (Å²) in [4.78, 5) is 7.73. The van der Waals surface area contributed by atoms with E-state index in [-0.39, 0.29) is 0 Å². The van der Waals surface area contributed by atoms with Crippen LogP contribution >= 0.6 is 11.8 Å². The molecule has 0 atom stereocenters. The molecule has 4 aromatic rings. The van der Waals surface area contributed by atoms with Crippen molar-refractivity contribution in [2.24, 2.45) is 0 Å². The van der Waals surface area contributed by atoms with Gasteiger partial charge >= 0.3 is 0 Å². The van der Waals surface area contributed by atoms with Crippen molar-refractivity contribution in [1.29, 1.82) is 0 Å². The first-order valence-corrected chi connectivity index (χ1v) is 6.98. The summed E-state index contributed by atoms with van der Waals surface area (Å²) in [7, 11) is 0. The molecule has 4 rings (SSSR count). The van der Waals surface area contributed by atoms with E-state index < -0.39 is 0 Å². The SMILES string of the molecule is CCSc1nnc2nc3[nH]c4ccccc4c3nn12. The molecule has 1 N–H and O–H groups in total. The van der Waals surface area contributed by atoms with E-state index in [0.29, 0.717) is 5.78 Å². The lowest BCUT2D eigenvalue weighted by atomic mass is 10.2. The Labute approximate surface area is 112 Å². The summed E-state index contributed by atoms with van der Waals surface area (Å²) in [6.07, 6.45) is 0. The number of aromatic amines is 1. The quantitative estimate of drug-likeness (QED) is 0.566. The Balaban J connectivity index is 2.12. The maximum absolute atomic E-state index is 4.62. The number of rotatable bonds is 2. The van der Waals surface area contributed by atoms with E-state index in [2.05, 4.69) is 32.2 Å². The summed E-state index contributed by atoms with van der Waals surface area (Å²) in [6.45, 7) is 2.07. The predicted octanol–water partition coefficient (Wildman–Crippen LogP) is 2.27. The molecule has 0 aliphatic rings. The molecule has 6 nitrogen and oxygen atoms in total. The Morgan fingerprint density at radius 2 is 2.16 bits per heavy atom. The van der Waals surface area contributed by atoms with E-state index >= 15 is 0 Å². The van der Waals surface area contributed by atoms with Crippen molar-refractivity contribution in [3.05, 3.63) is 24.3 Å². The van der Waals surface area contributed by atoms with Gasteiger partial charge in [-0.25, -0.2) is 0 Å². The van der Waals surface area contributed by atoms with E-state index in [1.165, 1.54) is 0 Å². The fourth-order valence-electron chi connectivity index (χ4n) is 2.13. The number of aromatic nitrogens is 6. The minimum Gasteiger partial charge on any atom is -0.338 e. The molecule has 0 fully saturated rings. The average molecular weight is 270 g/mol. The molecular formula is C12H10N6S. The molecular weight excluding hydrogens is 260 g/mol. The standard InChI is InChI=1S/C12H10N6S/c1-2-19-12-16-15-11-14-10-9(17-18(11)12)7-5-3-4-6-8(7)13-10/h3-6H,2H2,1H3,(H,13,14,15). The Kier molecular flexibility index (Phi) is 2.22. The van der Waals surface area contributed by atoms with Gasteiger partial charge in [-0.15, -0.1) is 10.2 Å². The van der Waals surface area contributed by atoms with Crippen LogP contribution in [0, 0.1) is 0 Å². The molecule has 3 heterocycles. The molecule has 0 amide bonds. The normalized spacial score (nSPS) is 11.8. The molecule has 0 aliphatic carbocycles. The lowest BCUT2D eigenvalue weighted by molar-refractivity contribution is 0.819. The van der Waals surface area contributed by atoms with Gasteiger partial charge in [0.2, 0.25) is 5.16 Å². The van der Waals surface area contributed by atoms with Crippen LogP contribution in [0.5, 0.6) is 0 Å². The molecule has 7 heteroatoms. The number of hydrogen-bond acceptors (Lipinski definition) is 5. The fourth-order valence-corrected chi connectivity index (χ4v) is 2.73. The monoisotopic (exact) mass is 270 g/mol. The highest BCUT2D eigenvalue weighted by Crippen LogP contribution is 2.23. The van der Waals surface area contributed by atoms with Gasteiger partial charge in [-0.2, -0.15) is 14.6 Å². The number of fused-ring (bicyclic) bond motifs is 4. The van der Waals surface area contributed by atoms with Crippen LogP contribution in [-0.2, 0) is 0 Å². The number of H-pyrrole nitrogens is 1. The van der Waals surface area contributed by atoms with Crippen LogP contribution in [0.4, 0.5) is 0 Å². The molecule has 0 aliphatic heterocycles. The molecule has 1 aromatic carbocycles. The zero-order chi connectivity index (χ0) is 12.8. The zero-order valence-corrected chi connectivity index (χ0v) is 11.0. The third-order valence-electron chi connectivity index (χ3n) is 2.94. The van der Waals surface area contributed by atoms with Crippen molar-refractivity contribution in [2.75, 3.05) is 5.75 Å². The first kappa shape index (κ1) is 10.7. The molecule has 0 saturated heterocycles. The highest BCUT2D eigenvalue weighted by Gasteiger charge is 2.12. The number of thioether (sulfide) groups is 1. The summed E-state index contributed by atoms with van der Waals surface area (Å²) >= 11 is 1.60. The van der Waals surface area contributed by atoms with E-state index in [0.717, 1.165) is 33.0 Å². The van der Waals surface area contributed by atoms with Gasteiger partial charge in [-0.1, -0.05) is 36.9 Å². The van der Waals surface area contributed by atoms with Crippen molar-refractivity contribution in [1.82, 2.24) is 29.8 Å². The smallest absolute Gasteiger partial charge is 0.274 e. The topological polar surface area (TPSA) is 71.8 Å². The van der Waals surface area contributed by atoms with Gasteiger partial charge in [0.25, 0.3) is 5.78 Å². The van der Waals surface area contributed by atoms with Crippen molar-refractivity contribution in [3.8, 4) is 0 Å². The van der Waals surface area contributed by atoms with Crippen LogP contribution in [0.15, 0.2) is 29.4 Å². The fraction of sp³-hybridized carbons (Fsp3) is 0.167. The number of benzene rings is 1. The third-order valence-corrected chi connectivity index (χ3v) is 3.74. The van der Waals surface area contributed by atoms with E-state index in [4.69, 9.17) is 0 Å².